The molecule has 0 aliphatic rings. The van der Waals surface area contributed by atoms with Gasteiger partial charge in [0.1, 0.15) is 6.61 Å². The van der Waals surface area contributed by atoms with Crippen molar-refractivity contribution in [2.75, 3.05) is 19.8 Å². The summed E-state index contributed by atoms with van der Waals surface area (Å²) >= 11 is 0. The highest BCUT2D eigenvalue weighted by atomic mass is 19.3. The lowest BCUT2D eigenvalue weighted by Gasteiger charge is -2.09. The van der Waals surface area contributed by atoms with Crippen LogP contribution in [0.25, 0.3) is 0 Å². The molecule has 15 heavy (non-hydrogen) atoms. The van der Waals surface area contributed by atoms with Crippen LogP contribution < -0.4 is 11.1 Å². The first-order valence-electron chi connectivity index (χ1n) is 4.94. The van der Waals surface area contributed by atoms with E-state index in [0.29, 0.717) is 0 Å². The van der Waals surface area contributed by atoms with Gasteiger partial charge < -0.3 is 15.8 Å². The van der Waals surface area contributed by atoms with Crippen LogP contribution in [0.4, 0.5) is 8.78 Å². The molecule has 0 saturated carbocycles. The van der Waals surface area contributed by atoms with Crippen molar-refractivity contribution in [2.24, 2.45) is 5.73 Å². The lowest BCUT2D eigenvalue weighted by Crippen LogP contribution is -2.33. The van der Waals surface area contributed by atoms with Crippen LogP contribution >= 0.6 is 0 Å². The quantitative estimate of drug-likeness (QED) is 0.590. The van der Waals surface area contributed by atoms with Crippen LogP contribution in [0, 0.1) is 0 Å². The third kappa shape index (κ3) is 9.55. The Kier molecular flexibility index (Phi) is 8.12. The number of alkyl halides is 2. The minimum Gasteiger partial charge on any atom is -0.374 e. The van der Waals surface area contributed by atoms with Crippen LogP contribution in [0.15, 0.2) is 0 Å². The molecule has 1 unspecified atom stereocenters. The maximum Gasteiger partial charge on any atom is 0.261 e. The highest BCUT2D eigenvalue weighted by Crippen LogP contribution is 1.93. The molecule has 90 valence electrons. The number of nitrogens with one attached hydrogen (secondary N) is 1. The van der Waals surface area contributed by atoms with Crippen molar-refractivity contribution in [1.29, 1.82) is 0 Å². The maximum absolute atomic E-state index is 11.6. The number of carbonyl (C=O) groups excluding carboxylic acids is 1. The van der Waals surface area contributed by atoms with Gasteiger partial charge >= 0.3 is 0 Å². The normalized spacial score (nSPS) is 12.9. The number of nitrogens with two attached hydrogens (primary N) is 1. The van der Waals surface area contributed by atoms with E-state index in [-0.39, 0.29) is 31.5 Å². The van der Waals surface area contributed by atoms with E-state index in [4.69, 9.17) is 5.73 Å². The van der Waals surface area contributed by atoms with Gasteiger partial charge in [-0.3, -0.25) is 4.79 Å². The van der Waals surface area contributed by atoms with Crippen molar-refractivity contribution in [2.45, 2.75) is 32.2 Å². The van der Waals surface area contributed by atoms with E-state index >= 15 is 0 Å². The van der Waals surface area contributed by atoms with Crippen LogP contribution in [0.5, 0.6) is 0 Å². The van der Waals surface area contributed by atoms with Crippen LogP contribution in [0.2, 0.25) is 0 Å². The minimum atomic E-state index is -2.46. The van der Waals surface area contributed by atoms with Gasteiger partial charge in [-0.05, 0) is 6.42 Å². The monoisotopic (exact) mass is 224 g/mol. The summed E-state index contributed by atoms with van der Waals surface area (Å²) in [7, 11) is 0. The highest BCUT2D eigenvalue weighted by Gasteiger charge is 2.06. The number of carbonyl (C=O) groups is 1. The molecule has 0 aromatic heterocycles. The Morgan fingerprint density at radius 1 is 1.53 bits per heavy atom. The first kappa shape index (κ1) is 14.2. The largest absolute Gasteiger partial charge is 0.374 e. The van der Waals surface area contributed by atoms with Gasteiger partial charge in [0.2, 0.25) is 5.91 Å². The zero-order valence-corrected chi connectivity index (χ0v) is 8.84. The molecule has 1 atom stereocenters. The molecule has 0 aliphatic carbocycles. The number of ether oxygens (including phenoxy) is 1. The third-order valence-corrected chi connectivity index (χ3v) is 1.78. The molecule has 4 nitrogen and oxygen atoms in total. The summed E-state index contributed by atoms with van der Waals surface area (Å²) < 4.78 is 27.8. The Morgan fingerprint density at radius 3 is 2.73 bits per heavy atom. The molecule has 0 heterocycles. The van der Waals surface area contributed by atoms with Gasteiger partial charge in [0, 0.05) is 19.0 Å². The Labute approximate surface area is 88.2 Å². The lowest BCUT2D eigenvalue weighted by molar-refractivity contribution is -0.121. The molecule has 0 saturated heterocycles. The average molecular weight is 224 g/mol. The maximum atomic E-state index is 11.6. The van der Waals surface area contributed by atoms with Crippen molar-refractivity contribution in [3.05, 3.63) is 0 Å². The van der Waals surface area contributed by atoms with Gasteiger partial charge in [-0.1, -0.05) is 6.92 Å². The first-order chi connectivity index (χ1) is 7.06. The summed E-state index contributed by atoms with van der Waals surface area (Å²) in [4.78, 5) is 11.1. The summed E-state index contributed by atoms with van der Waals surface area (Å²) in [5.74, 6) is -0.176. The van der Waals surface area contributed by atoms with Gasteiger partial charge in [-0.15, -0.1) is 0 Å². The van der Waals surface area contributed by atoms with Crippen molar-refractivity contribution in [1.82, 2.24) is 5.32 Å². The van der Waals surface area contributed by atoms with E-state index in [0.717, 1.165) is 6.42 Å². The molecule has 0 spiro atoms. The molecule has 6 heteroatoms. The van der Waals surface area contributed by atoms with Crippen LogP contribution in [0.3, 0.4) is 0 Å². The van der Waals surface area contributed by atoms with Crippen molar-refractivity contribution in [3.8, 4) is 0 Å². The van der Waals surface area contributed by atoms with E-state index in [2.05, 4.69) is 10.1 Å². The molecular formula is C9H18F2N2O2. The van der Waals surface area contributed by atoms with Gasteiger partial charge in [0.15, 0.2) is 0 Å². The molecule has 0 aromatic rings. The van der Waals surface area contributed by atoms with Gasteiger partial charge in [-0.25, -0.2) is 8.78 Å². The van der Waals surface area contributed by atoms with Gasteiger partial charge in [0.25, 0.3) is 6.43 Å². The predicted octanol–water partition coefficient (Wildman–Crippen LogP) is 0.512. The molecule has 0 radical (unpaired) electrons. The Morgan fingerprint density at radius 2 is 2.20 bits per heavy atom. The van der Waals surface area contributed by atoms with Crippen molar-refractivity contribution in [3.63, 3.8) is 0 Å². The topological polar surface area (TPSA) is 64.4 Å². The summed E-state index contributed by atoms with van der Waals surface area (Å²) in [5.41, 5.74) is 5.55. The molecule has 0 fully saturated rings. The SMILES string of the molecule is CCC(N)CC(=O)NCCOCC(F)F. The fourth-order valence-electron chi connectivity index (χ4n) is 0.890. The summed E-state index contributed by atoms with van der Waals surface area (Å²) in [6.07, 6.45) is -1.48. The van der Waals surface area contributed by atoms with Crippen molar-refractivity contribution < 1.29 is 18.3 Å². The molecule has 3 N–H and O–H groups in total. The number of halogens is 2. The van der Waals surface area contributed by atoms with E-state index in [1.54, 1.807) is 0 Å². The van der Waals surface area contributed by atoms with E-state index in [9.17, 15) is 13.6 Å². The van der Waals surface area contributed by atoms with Crippen LogP contribution in [-0.4, -0.2) is 38.1 Å². The number of hydrogen-bond acceptors (Lipinski definition) is 3. The average Bonchev–Trinajstić information content (AvgIpc) is 2.16. The standard InChI is InChI=1S/C9H18F2N2O2/c1-2-7(12)5-9(14)13-3-4-15-6-8(10)11/h7-8H,2-6,12H2,1H3,(H,13,14). The summed E-state index contributed by atoms with van der Waals surface area (Å²) in [6, 6.07) is -0.146. The smallest absolute Gasteiger partial charge is 0.261 e. The summed E-state index contributed by atoms with van der Waals surface area (Å²) in [6.45, 7) is 1.63. The molecule has 0 rings (SSSR count). The van der Waals surface area contributed by atoms with Gasteiger partial charge in [-0.2, -0.15) is 0 Å². The van der Waals surface area contributed by atoms with E-state index in [1.165, 1.54) is 0 Å². The second-order valence-corrected chi connectivity index (χ2v) is 3.19. The van der Waals surface area contributed by atoms with E-state index in [1.807, 2.05) is 6.92 Å². The second-order valence-electron chi connectivity index (χ2n) is 3.19. The number of amides is 1. The fourth-order valence-corrected chi connectivity index (χ4v) is 0.890. The fraction of sp³-hybridized carbons (Fsp3) is 0.889. The van der Waals surface area contributed by atoms with Crippen molar-refractivity contribution >= 4 is 5.91 Å². The zero-order chi connectivity index (χ0) is 11.7. The van der Waals surface area contributed by atoms with Gasteiger partial charge in [0.05, 0.1) is 6.61 Å². The molecule has 0 aromatic carbocycles. The second kappa shape index (κ2) is 8.55. The highest BCUT2D eigenvalue weighted by molar-refractivity contribution is 5.76. The van der Waals surface area contributed by atoms with E-state index < -0.39 is 13.0 Å². The molecule has 0 bridgehead atoms. The summed E-state index contributed by atoms with van der Waals surface area (Å²) in [5, 5.41) is 2.53. The lowest BCUT2D eigenvalue weighted by atomic mass is 10.1. The molecule has 0 aliphatic heterocycles. The molecular weight excluding hydrogens is 206 g/mol. The Hall–Kier alpha value is -0.750. The predicted molar refractivity (Wildman–Crippen MR) is 52.7 cm³/mol. The third-order valence-electron chi connectivity index (χ3n) is 1.78. The Balaban J connectivity index is 3.31. The Bertz CT molecular complexity index is 179. The minimum absolute atomic E-state index is 0.0947. The first-order valence-corrected chi connectivity index (χ1v) is 4.94. The van der Waals surface area contributed by atoms with Crippen LogP contribution in [-0.2, 0) is 9.53 Å². The number of rotatable bonds is 8. The van der Waals surface area contributed by atoms with Crippen LogP contribution in [0.1, 0.15) is 19.8 Å². The zero-order valence-electron chi connectivity index (χ0n) is 8.84. The molecule has 1 amide bonds. The number of hydrogen-bond donors (Lipinski definition) is 2.